The highest BCUT2D eigenvalue weighted by Gasteiger charge is 2.21. The molecule has 1 N–H and O–H groups in total. The van der Waals surface area contributed by atoms with E-state index in [1.165, 1.54) is 16.7 Å². The summed E-state index contributed by atoms with van der Waals surface area (Å²) in [5.41, 5.74) is 5.12. The van der Waals surface area contributed by atoms with Crippen LogP contribution >= 0.6 is 0 Å². The van der Waals surface area contributed by atoms with Crippen molar-refractivity contribution >= 4 is 17.5 Å². The maximum atomic E-state index is 4.83. The molecule has 0 spiro atoms. The number of hydrogen-bond donors (Lipinski definition) is 1. The van der Waals surface area contributed by atoms with Gasteiger partial charge in [0.25, 0.3) is 0 Å². The van der Waals surface area contributed by atoms with E-state index in [0.29, 0.717) is 5.92 Å². The molecule has 1 aliphatic heterocycles. The lowest BCUT2D eigenvalue weighted by Gasteiger charge is -2.32. The first-order valence-electron chi connectivity index (χ1n) is 11.2. The van der Waals surface area contributed by atoms with E-state index in [4.69, 9.17) is 4.98 Å². The summed E-state index contributed by atoms with van der Waals surface area (Å²) in [4.78, 5) is 15.8. The molecule has 162 valence electrons. The topological polar surface area (TPSA) is 53.9 Å². The van der Waals surface area contributed by atoms with Crippen LogP contribution in [0, 0.1) is 12.8 Å². The van der Waals surface area contributed by atoms with Gasteiger partial charge in [-0.15, -0.1) is 0 Å². The summed E-state index contributed by atoms with van der Waals surface area (Å²) in [7, 11) is 0. The van der Waals surface area contributed by atoms with Gasteiger partial charge in [0.2, 0.25) is 5.95 Å². The smallest absolute Gasteiger partial charge is 0.227 e. The van der Waals surface area contributed by atoms with Crippen LogP contribution in [0.25, 0.3) is 0 Å². The van der Waals surface area contributed by atoms with Crippen LogP contribution in [0.1, 0.15) is 50.3 Å². The average molecular weight is 416 g/mol. The van der Waals surface area contributed by atoms with E-state index in [1.807, 2.05) is 24.7 Å². The zero-order valence-electron chi connectivity index (χ0n) is 19.1. The van der Waals surface area contributed by atoms with Crippen molar-refractivity contribution in [1.82, 2.24) is 15.0 Å². The van der Waals surface area contributed by atoms with E-state index in [-0.39, 0.29) is 5.41 Å². The van der Waals surface area contributed by atoms with Crippen LogP contribution in [0.3, 0.4) is 0 Å². The first-order chi connectivity index (χ1) is 14.9. The lowest BCUT2D eigenvalue weighted by atomic mass is 9.86. The Kier molecular flexibility index (Phi) is 6.21. The summed E-state index contributed by atoms with van der Waals surface area (Å²) in [5, 5.41) is 3.52. The van der Waals surface area contributed by atoms with Gasteiger partial charge in [0.15, 0.2) is 0 Å². The number of piperidine rings is 1. The van der Waals surface area contributed by atoms with Gasteiger partial charge < -0.3 is 10.2 Å². The van der Waals surface area contributed by atoms with Gasteiger partial charge in [0.1, 0.15) is 5.82 Å². The molecule has 4 rings (SSSR count). The summed E-state index contributed by atoms with van der Waals surface area (Å²) in [6.45, 7) is 10.8. The summed E-state index contributed by atoms with van der Waals surface area (Å²) in [6, 6.07) is 12.8. The Hall–Kier alpha value is -2.95. The van der Waals surface area contributed by atoms with E-state index in [9.17, 15) is 0 Å². The lowest BCUT2D eigenvalue weighted by molar-refractivity contribution is 0.400. The SMILES string of the molecule is Cc1ccc(C(C)(C)C)cc1Nc1ccnc(N2CCC(Cc3ccncc3)CC2)n1. The number of hydrogen-bond acceptors (Lipinski definition) is 5. The van der Waals surface area contributed by atoms with Gasteiger partial charge >= 0.3 is 0 Å². The van der Waals surface area contributed by atoms with Crippen LogP contribution in [0.5, 0.6) is 0 Å². The molecule has 0 bridgehead atoms. The van der Waals surface area contributed by atoms with Gasteiger partial charge in [-0.05, 0) is 78.5 Å². The largest absolute Gasteiger partial charge is 0.341 e. The predicted molar refractivity (Wildman–Crippen MR) is 128 cm³/mol. The number of nitrogens with one attached hydrogen (secondary N) is 1. The number of benzene rings is 1. The molecule has 0 aliphatic carbocycles. The average Bonchev–Trinajstić information content (AvgIpc) is 2.76. The Morgan fingerprint density at radius 3 is 2.45 bits per heavy atom. The fourth-order valence-corrected chi connectivity index (χ4v) is 4.12. The van der Waals surface area contributed by atoms with Crippen LogP contribution < -0.4 is 10.2 Å². The fourth-order valence-electron chi connectivity index (χ4n) is 4.12. The third-order valence-electron chi connectivity index (χ3n) is 6.18. The Labute approximate surface area is 186 Å². The van der Waals surface area contributed by atoms with Gasteiger partial charge in [-0.1, -0.05) is 32.9 Å². The quantitative estimate of drug-likeness (QED) is 0.581. The standard InChI is InChI=1S/C26H33N5/c1-19-5-6-22(26(2,3)4)18-23(19)29-24-9-14-28-25(30-24)31-15-10-21(11-16-31)17-20-7-12-27-13-8-20/h5-9,12-14,18,21H,10-11,15-17H2,1-4H3,(H,28,29,30). The van der Waals surface area contributed by atoms with Crippen molar-refractivity contribution in [2.45, 2.75) is 52.4 Å². The molecular formula is C26H33N5. The second-order valence-corrected chi connectivity index (χ2v) is 9.64. The van der Waals surface area contributed by atoms with Crippen LogP contribution in [0.4, 0.5) is 17.5 Å². The highest BCUT2D eigenvalue weighted by atomic mass is 15.3. The molecule has 0 saturated carbocycles. The van der Waals surface area contributed by atoms with Crippen molar-refractivity contribution in [3.05, 3.63) is 71.7 Å². The Bertz CT molecular complexity index is 1000. The summed E-state index contributed by atoms with van der Waals surface area (Å²) in [5.74, 6) is 2.37. The Morgan fingerprint density at radius 2 is 1.74 bits per heavy atom. The summed E-state index contributed by atoms with van der Waals surface area (Å²) >= 11 is 0. The van der Waals surface area contributed by atoms with E-state index in [2.05, 4.69) is 78.2 Å². The Balaban J connectivity index is 1.41. The second-order valence-electron chi connectivity index (χ2n) is 9.64. The van der Waals surface area contributed by atoms with E-state index < -0.39 is 0 Å². The predicted octanol–water partition coefficient (Wildman–Crippen LogP) is 5.68. The third kappa shape index (κ3) is 5.40. The van der Waals surface area contributed by atoms with Gasteiger partial charge in [-0.2, -0.15) is 4.98 Å². The molecule has 1 fully saturated rings. The van der Waals surface area contributed by atoms with Gasteiger partial charge in [0.05, 0.1) is 0 Å². The molecule has 1 aliphatic rings. The van der Waals surface area contributed by atoms with E-state index in [1.54, 1.807) is 0 Å². The van der Waals surface area contributed by atoms with E-state index >= 15 is 0 Å². The first-order valence-corrected chi connectivity index (χ1v) is 11.2. The maximum absolute atomic E-state index is 4.83. The molecule has 2 aromatic heterocycles. The fraction of sp³-hybridized carbons (Fsp3) is 0.423. The zero-order valence-corrected chi connectivity index (χ0v) is 19.1. The van der Waals surface area contributed by atoms with Crippen LogP contribution in [0.15, 0.2) is 55.0 Å². The molecule has 3 heterocycles. The zero-order chi connectivity index (χ0) is 21.8. The minimum absolute atomic E-state index is 0.113. The number of aromatic nitrogens is 3. The number of aryl methyl sites for hydroxylation is 1. The molecule has 31 heavy (non-hydrogen) atoms. The van der Waals surface area contributed by atoms with Crippen molar-refractivity contribution in [1.29, 1.82) is 0 Å². The highest BCUT2D eigenvalue weighted by Crippen LogP contribution is 2.29. The van der Waals surface area contributed by atoms with Gasteiger partial charge in [-0.3, -0.25) is 4.98 Å². The molecule has 0 amide bonds. The number of pyridine rings is 1. The molecule has 1 saturated heterocycles. The lowest BCUT2D eigenvalue weighted by Crippen LogP contribution is -2.35. The van der Waals surface area contributed by atoms with Crippen molar-refractivity contribution in [3.8, 4) is 0 Å². The van der Waals surface area contributed by atoms with Gasteiger partial charge in [0, 0.05) is 37.4 Å². The second kappa shape index (κ2) is 9.04. The van der Waals surface area contributed by atoms with Crippen LogP contribution in [-0.4, -0.2) is 28.0 Å². The molecule has 0 radical (unpaired) electrons. The maximum Gasteiger partial charge on any atom is 0.227 e. The highest BCUT2D eigenvalue weighted by molar-refractivity contribution is 5.62. The normalized spacial score (nSPS) is 15.2. The van der Waals surface area contributed by atoms with Crippen molar-refractivity contribution in [2.24, 2.45) is 5.92 Å². The molecular weight excluding hydrogens is 382 g/mol. The van der Waals surface area contributed by atoms with Crippen LogP contribution in [0.2, 0.25) is 0 Å². The van der Waals surface area contributed by atoms with E-state index in [0.717, 1.165) is 49.8 Å². The first kappa shape index (κ1) is 21.3. The number of rotatable bonds is 5. The molecule has 5 heteroatoms. The molecule has 1 aromatic carbocycles. The van der Waals surface area contributed by atoms with Crippen LogP contribution in [-0.2, 0) is 11.8 Å². The molecule has 0 atom stereocenters. The Morgan fingerprint density at radius 1 is 1.00 bits per heavy atom. The van der Waals surface area contributed by atoms with Gasteiger partial charge in [-0.25, -0.2) is 4.98 Å². The summed E-state index contributed by atoms with van der Waals surface area (Å²) < 4.78 is 0. The number of nitrogens with zero attached hydrogens (tertiary/aromatic N) is 4. The monoisotopic (exact) mass is 415 g/mol. The summed E-state index contributed by atoms with van der Waals surface area (Å²) in [6.07, 6.45) is 9.08. The third-order valence-corrected chi connectivity index (χ3v) is 6.18. The molecule has 5 nitrogen and oxygen atoms in total. The van der Waals surface area contributed by atoms with Crippen molar-refractivity contribution < 1.29 is 0 Å². The molecule has 0 unspecified atom stereocenters. The minimum Gasteiger partial charge on any atom is -0.341 e. The number of anilines is 3. The minimum atomic E-state index is 0.113. The molecule has 3 aromatic rings. The van der Waals surface area contributed by atoms with Crippen molar-refractivity contribution in [2.75, 3.05) is 23.3 Å². The van der Waals surface area contributed by atoms with Crippen molar-refractivity contribution in [3.63, 3.8) is 0 Å².